The van der Waals surface area contributed by atoms with Crippen molar-refractivity contribution in [2.24, 2.45) is 5.41 Å². The standard InChI is InChI=1S/C13H22N4O/c1-3-13(6-5-7-13)8-15-11-10(14)12(18-4-2)17-9-16-11/h9H,3-8,14H2,1-2H3,(H,15,16,17). The number of nitrogen functional groups attached to an aromatic ring is 1. The largest absolute Gasteiger partial charge is 0.476 e. The number of hydrogen-bond donors (Lipinski definition) is 2. The van der Waals surface area contributed by atoms with Crippen LogP contribution in [0.4, 0.5) is 11.5 Å². The lowest BCUT2D eigenvalue weighted by molar-refractivity contribution is 0.145. The van der Waals surface area contributed by atoms with Crippen LogP contribution >= 0.6 is 0 Å². The first-order valence-corrected chi connectivity index (χ1v) is 6.68. The molecule has 1 heterocycles. The van der Waals surface area contributed by atoms with Gasteiger partial charge in [-0.1, -0.05) is 13.3 Å². The van der Waals surface area contributed by atoms with Crippen LogP contribution < -0.4 is 15.8 Å². The molecule has 1 saturated carbocycles. The molecule has 0 radical (unpaired) electrons. The van der Waals surface area contributed by atoms with E-state index in [-0.39, 0.29) is 0 Å². The van der Waals surface area contributed by atoms with Crippen molar-refractivity contribution in [2.45, 2.75) is 39.5 Å². The first-order chi connectivity index (χ1) is 8.71. The van der Waals surface area contributed by atoms with Crippen molar-refractivity contribution in [3.63, 3.8) is 0 Å². The van der Waals surface area contributed by atoms with Crippen LogP contribution in [-0.2, 0) is 0 Å². The molecule has 0 amide bonds. The Hall–Kier alpha value is -1.52. The minimum absolute atomic E-state index is 0.434. The maximum atomic E-state index is 5.99. The van der Waals surface area contributed by atoms with E-state index < -0.39 is 0 Å². The summed E-state index contributed by atoms with van der Waals surface area (Å²) in [6.07, 6.45) is 6.60. The normalized spacial score (nSPS) is 17.0. The molecule has 0 aliphatic heterocycles. The Morgan fingerprint density at radius 2 is 2.17 bits per heavy atom. The van der Waals surface area contributed by atoms with Crippen molar-refractivity contribution in [1.29, 1.82) is 0 Å². The van der Waals surface area contributed by atoms with Gasteiger partial charge in [-0.05, 0) is 31.6 Å². The molecule has 5 heteroatoms. The van der Waals surface area contributed by atoms with Gasteiger partial charge in [0, 0.05) is 6.54 Å². The average molecular weight is 250 g/mol. The summed E-state index contributed by atoms with van der Waals surface area (Å²) >= 11 is 0. The lowest BCUT2D eigenvalue weighted by Crippen LogP contribution is -2.36. The summed E-state index contributed by atoms with van der Waals surface area (Å²) in [6.45, 7) is 5.64. The zero-order valence-electron chi connectivity index (χ0n) is 11.2. The number of nitrogens with zero attached hydrogens (tertiary/aromatic N) is 2. The minimum Gasteiger partial charge on any atom is -0.476 e. The molecule has 1 aromatic rings. The monoisotopic (exact) mass is 250 g/mol. The zero-order valence-corrected chi connectivity index (χ0v) is 11.2. The van der Waals surface area contributed by atoms with Gasteiger partial charge in [-0.15, -0.1) is 0 Å². The Morgan fingerprint density at radius 3 is 2.72 bits per heavy atom. The first kappa shape index (κ1) is 12.9. The van der Waals surface area contributed by atoms with E-state index in [0.29, 0.717) is 29.4 Å². The van der Waals surface area contributed by atoms with E-state index in [1.165, 1.54) is 32.0 Å². The van der Waals surface area contributed by atoms with E-state index in [1.807, 2.05) is 6.92 Å². The molecule has 0 atom stereocenters. The molecule has 0 spiro atoms. The molecule has 5 nitrogen and oxygen atoms in total. The fourth-order valence-electron chi connectivity index (χ4n) is 2.38. The quantitative estimate of drug-likeness (QED) is 0.811. The molecule has 0 bridgehead atoms. The molecule has 1 aliphatic carbocycles. The van der Waals surface area contributed by atoms with Gasteiger partial charge in [-0.25, -0.2) is 4.98 Å². The van der Waals surface area contributed by atoms with Gasteiger partial charge >= 0.3 is 0 Å². The molecule has 0 saturated heterocycles. The topological polar surface area (TPSA) is 73.1 Å². The number of rotatable bonds is 6. The third kappa shape index (κ3) is 2.49. The fraction of sp³-hybridized carbons (Fsp3) is 0.692. The molecule has 0 unspecified atom stereocenters. The van der Waals surface area contributed by atoms with Gasteiger partial charge < -0.3 is 15.8 Å². The fourth-order valence-corrected chi connectivity index (χ4v) is 2.38. The molecule has 1 aromatic heterocycles. The number of hydrogen-bond acceptors (Lipinski definition) is 5. The molecule has 1 fully saturated rings. The van der Waals surface area contributed by atoms with Gasteiger partial charge in [0.15, 0.2) is 5.82 Å². The number of nitrogens with two attached hydrogens (primary N) is 1. The Balaban J connectivity index is 2.02. The van der Waals surface area contributed by atoms with Gasteiger partial charge in [0.2, 0.25) is 5.88 Å². The van der Waals surface area contributed by atoms with Gasteiger partial charge in [0.05, 0.1) is 6.61 Å². The highest BCUT2D eigenvalue weighted by Gasteiger charge is 2.34. The van der Waals surface area contributed by atoms with Gasteiger partial charge in [-0.3, -0.25) is 0 Å². The average Bonchev–Trinajstić information content (AvgIpc) is 2.33. The minimum atomic E-state index is 0.434. The van der Waals surface area contributed by atoms with Crippen molar-refractivity contribution in [3.05, 3.63) is 6.33 Å². The second kappa shape index (κ2) is 5.42. The maximum absolute atomic E-state index is 5.99. The van der Waals surface area contributed by atoms with Gasteiger partial charge in [0.25, 0.3) is 0 Å². The molecule has 3 N–H and O–H groups in total. The highest BCUT2D eigenvalue weighted by Crippen LogP contribution is 2.43. The highest BCUT2D eigenvalue weighted by atomic mass is 16.5. The maximum Gasteiger partial charge on any atom is 0.242 e. The number of nitrogens with one attached hydrogen (secondary N) is 1. The van der Waals surface area contributed by atoms with Crippen molar-refractivity contribution in [3.8, 4) is 5.88 Å². The summed E-state index contributed by atoms with van der Waals surface area (Å²) < 4.78 is 5.36. The summed E-state index contributed by atoms with van der Waals surface area (Å²) in [7, 11) is 0. The molecular formula is C13H22N4O. The van der Waals surface area contributed by atoms with Crippen molar-refractivity contribution < 1.29 is 4.74 Å². The second-order valence-corrected chi connectivity index (χ2v) is 4.93. The molecule has 0 aromatic carbocycles. The predicted octanol–water partition coefficient (Wildman–Crippen LogP) is 2.45. The molecule has 2 rings (SSSR count). The SMILES string of the molecule is CCOc1ncnc(NCC2(CC)CCC2)c1N. The predicted molar refractivity (Wildman–Crippen MR) is 72.7 cm³/mol. The van der Waals surface area contributed by atoms with E-state index in [1.54, 1.807) is 0 Å². The lowest BCUT2D eigenvalue weighted by atomic mass is 9.67. The lowest BCUT2D eigenvalue weighted by Gasteiger charge is -2.41. The smallest absolute Gasteiger partial charge is 0.242 e. The van der Waals surface area contributed by atoms with E-state index in [0.717, 1.165) is 6.54 Å². The van der Waals surface area contributed by atoms with E-state index >= 15 is 0 Å². The summed E-state index contributed by atoms with van der Waals surface area (Å²) in [5.41, 5.74) is 6.93. The summed E-state index contributed by atoms with van der Waals surface area (Å²) in [5.74, 6) is 1.15. The van der Waals surface area contributed by atoms with Crippen LogP contribution in [0.15, 0.2) is 6.33 Å². The zero-order chi connectivity index (χ0) is 13.0. The number of anilines is 2. The third-order valence-electron chi connectivity index (χ3n) is 3.92. The summed E-state index contributed by atoms with van der Waals surface area (Å²) in [5, 5.41) is 3.35. The van der Waals surface area contributed by atoms with Crippen molar-refractivity contribution in [1.82, 2.24) is 9.97 Å². The van der Waals surface area contributed by atoms with Crippen molar-refractivity contribution in [2.75, 3.05) is 24.2 Å². The number of aromatic nitrogens is 2. The van der Waals surface area contributed by atoms with Crippen LogP contribution in [-0.4, -0.2) is 23.1 Å². The Labute approximate surface area is 108 Å². The Morgan fingerprint density at radius 1 is 1.39 bits per heavy atom. The Bertz CT molecular complexity index is 398. The highest BCUT2D eigenvalue weighted by molar-refractivity contribution is 5.66. The first-order valence-electron chi connectivity index (χ1n) is 6.68. The number of ether oxygens (including phenoxy) is 1. The second-order valence-electron chi connectivity index (χ2n) is 4.93. The van der Waals surface area contributed by atoms with Crippen LogP contribution in [0.2, 0.25) is 0 Å². The van der Waals surface area contributed by atoms with Crippen LogP contribution in [0.25, 0.3) is 0 Å². The summed E-state index contributed by atoms with van der Waals surface area (Å²) in [4.78, 5) is 8.22. The molecule has 100 valence electrons. The van der Waals surface area contributed by atoms with Gasteiger partial charge in [0.1, 0.15) is 12.0 Å². The van der Waals surface area contributed by atoms with Gasteiger partial charge in [-0.2, -0.15) is 4.98 Å². The van der Waals surface area contributed by atoms with Crippen LogP contribution in [0.5, 0.6) is 5.88 Å². The van der Waals surface area contributed by atoms with E-state index in [4.69, 9.17) is 10.5 Å². The molecular weight excluding hydrogens is 228 g/mol. The van der Waals surface area contributed by atoms with Crippen LogP contribution in [0.1, 0.15) is 39.5 Å². The van der Waals surface area contributed by atoms with Crippen LogP contribution in [0.3, 0.4) is 0 Å². The van der Waals surface area contributed by atoms with Crippen LogP contribution in [0, 0.1) is 5.41 Å². The van der Waals surface area contributed by atoms with E-state index in [2.05, 4.69) is 22.2 Å². The van der Waals surface area contributed by atoms with E-state index in [9.17, 15) is 0 Å². The molecule has 1 aliphatic rings. The Kier molecular flexibility index (Phi) is 3.89. The summed E-state index contributed by atoms with van der Waals surface area (Å²) in [6, 6.07) is 0. The third-order valence-corrected chi connectivity index (χ3v) is 3.92. The molecule has 18 heavy (non-hydrogen) atoms. The van der Waals surface area contributed by atoms with Crippen molar-refractivity contribution >= 4 is 11.5 Å².